The first-order chi connectivity index (χ1) is 20.2. The molecular weight excluding hydrogens is 559 g/mol. The highest BCUT2D eigenvalue weighted by Gasteiger charge is 2.39. The summed E-state index contributed by atoms with van der Waals surface area (Å²) in [6, 6.07) is 32.9. The molecule has 2 nitrogen and oxygen atoms in total. The monoisotopic (exact) mass is 582 g/mol. The molecule has 2 aromatic heterocycles. The van der Waals surface area contributed by atoms with Crippen LogP contribution in [0.2, 0.25) is 13.1 Å². The van der Waals surface area contributed by atoms with Crippen molar-refractivity contribution in [3.8, 4) is 11.4 Å². The minimum Gasteiger partial charge on any atom is -0.295 e. The molecule has 0 atom stereocenters. The highest BCUT2D eigenvalue weighted by Crippen LogP contribution is 2.40. The van der Waals surface area contributed by atoms with Crippen LogP contribution in [0.3, 0.4) is 0 Å². The van der Waals surface area contributed by atoms with Crippen molar-refractivity contribution < 1.29 is 22.0 Å². The molecule has 0 aliphatic heterocycles. The van der Waals surface area contributed by atoms with Gasteiger partial charge in [-0.1, -0.05) is 85.9 Å². The van der Waals surface area contributed by atoms with Gasteiger partial charge >= 0.3 is 0 Å². The molecule has 5 aromatic carbocycles. The van der Waals surface area contributed by atoms with Gasteiger partial charge in [-0.05, 0) is 35.5 Å². The Bertz CT molecular complexity index is 2150. The van der Waals surface area contributed by atoms with Crippen LogP contribution in [0.4, 0.5) is 22.0 Å². The Morgan fingerprint density at radius 2 is 0.976 bits per heavy atom. The van der Waals surface area contributed by atoms with Crippen LogP contribution in [0.25, 0.3) is 44.2 Å². The van der Waals surface area contributed by atoms with E-state index in [0.29, 0.717) is 10.9 Å². The van der Waals surface area contributed by atoms with Gasteiger partial charge in [-0.25, -0.2) is 22.0 Å². The van der Waals surface area contributed by atoms with Gasteiger partial charge in [-0.15, -0.1) is 0 Å². The van der Waals surface area contributed by atoms with Crippen molar-refractivity contribution in [3.05, 3.63) is 132 Å². The quantitative estimate of drug-likeness (QED) is 0.0856. The van der Waals surface area contributed by atoms with E-state index in [1.165, 1.54) is 0 Å². The zero-order valence-electron chi connectivity index (χ0n) is 22.6. The van der Waals surface area contributed by atoms with E-state index in [-0.39, 0.29) is 0 Å². The zero-order chi connectivity index (χ0) is 29.3. The van der Waals surface area contributed by atoms with Crippen molar-refractivity contribution in [1.82, 2.24) is 9.13 Å². The maximum atomic E-state index is 15.3. The fourth-order valence-corrected chi connectivity index (χ4v) is 9.20. The van der Waals surface area contributed by atoms with E-state index in [9.17, 15) is 13.2 Å². The normalized spacial score (nSPS) is 12.2. The number of hydrogen-bond donors (Lipinski definition) is 0. The van der Waals surface area contributed by atoms with Gasteiger partial charge in [0.15, 0.2) is 23.3 Å². The third-order valence-corrected chi connectivity index (χ3v) is 11.6. The van der Waals surface area contributed by atoms with E-state index in [1.54, 1.807) is 25.2 Å². The van der Waals surface area contributed by atoms with E-state index in [1.807, 2.05) is 89.5 Å². The minimum absolute atomic E-state index is 0.528. The van der Waals surface area contributed by atoms with Crippen molar-refractivity contribution in [2.75, 3.05) is 0 Å². The lowest BCUT2D eigenvalue weighted by molar-refractivity contribution is 0.384. The maximum absolute atomic E-state index is 15.3. The zero-order valence-corrected chi connectivity index (χ0v) is 23.6. The van der Waals surface area contributed by atoms with Gasteiger partial charge in [0.25, 0.3) is 0 Å². The highest BCUT2D eigenvalue weighted by molar-refractivity contribution is 7.01. The molecule has 2 heterocycles. The lowest BCUT2D eigenvalue weighted by Crippen LogP contribution is -2.57. The third-order valence-electron chi connectivity index (χ3n) is 8.14. The van der Waals surface area contributed by atoms with Gasteiger partial charge in [-0.2, -0.15) is 0 Å². The fourth-order valence-electron chi connectivity index (χ4n) is 6.27. The van der Waals surface area contributed by atoms with Crippen LogP contribution >= 0.6 is 0 Å². The molecule has 0 unspecified atom stereocenters. The molecule has 42 heavy (non-hydrogen) atoms. The van der Waals surface area contributed by atoms with Crippen LogP contribution in [0.1, 0.15) is 0 Å². The van der Waals surface area contributed by atoms with Crippen LogP contribution in [0.15, 0.2) is 103 Å². The second-order valence-corrected chi connectivity index (χ2v) is 15.1. The Labute approximate surface area is 238 Å². The molecular formula is C34H23F5N2Si. The first kappa shape index (κ1) is 26.2. The molecule has 7 aromatic rings. The fraction of sp³-hybridized carbons (Fsp3) is 0.0588. The Balaban J connectivity index is 1.64. The third kappa shape index (κ3) is 3.54. The molecule has 0 saturated carbocycles. The van der Waals surface area contributed by atoms with Crippen LogP contribution in [0, 0.1) is 29.1 Å². The number of nitrogens with zero attached hydrogens (tertiary/aromatic N) is 2. The van der Waals surface area contributed by atoms with Gasteiger partial charge in [-0.3, -0.25) is 9.13 Å². The van der Waals surface area contributed by atoms with Crippen molar-refractivity contribution in [2.24, 2.45) is 0 Å². The van der Waals surface area contributed by atoms with Gasteiger partial charge in [0.2, 0.25) is 5.82 Å². The number of hydrogen-bond acceptors (Lipinski definition) is 0. The molecule has 0 aliphatic rings. The highest BCUT2D eigenvalue weighted by atomic mass is 28.3. The molecule has 0 bridgehead atoms. The predicted molar refractivity (Wildman–Crippen MR) is 161 cm³/mol. The van der Waals surface area contributed by atoms with E-state index in [4.69, 9.17) is 0 Å². The number of fused-ring (bicyclic) bond motifs is 5. The SMILES string of the molecule is C[Si](C)(c1ccccc1-n1c2ccccc2c2c3ccccc3n(-c3ccccc3)c21)c1c(F)c(F)c(F)c(F)c1F. The summed E-state index contributed by atoms with van der Waals surface area (Å²) in [5, 5.41) is 2.78. The van der Waals surface area contributed by atoms with Crippen LogP contribution in [0.5, 0.6) is 0 Å². The topological polar surface area (TPSA) is 9.86 Å². The predicted octanol–water partition coefficient (Wildman–Crippen LogP) is 8.25. The summed E-state index contributed by atoms with van der Waals surface area (Å²) < 4.78 is 77.7. The van der Waals surface area contributed by atoms with E-state index >= 15 is 8.78 Å². The summed E-state index contributed by atoms with van der Waals surface area (Å²) in [5.74, 6) is -9.57. The number of rotatable bonds is 4. The van der Waals surface area contributed by atoms with E-state index < -0.39 is 42.3 Å². The Kier molecular flexibility index (Phi) is 5.88. The molecule has 0 spiro atoms. The Morgan fingerprint density at radius 1 is 0.500 bits per heavy atom. The summed E-state index contributed by atoms with van der Waals surface area (Å²) in [6.45, 7) is 3.22. The van der Waals surface area contributed by atoms with Gasteiger partial charge in [0, 0.05) is 32.7 Å². The van der Waals surface area contributed by atoms with Crippen molar-refractivity contribution in [1.29, 1.82) is 0 Å². The lowest BCUT2D eigenvalue weighted by atomic mass is 10.1. The first-order valence-electron chi connectivity index (χ1n) is 13.4. The average Bonchev–Trinajstić information content (AvgIpc) is 3.52. The molecule has 8 heteroatoms. The smallest absolute Gasteiger partial charge is 0.200 e. The second kappa shape index (κ2) is 9.42. The van der Waals surface area contributed by atoms with E-state index in [0.717, 1.165) is 38.5 Å². The molecule has 0 radical (unpaired) electrons. The molecule has 7 rings (SSSR count). The number of benzene rings is 5. The average molecular weight is 583 g/mol. The number of aromatic nitrogens is 2. The van der Waals surface area contributed by atoms with E-state index in [2.05, 4.69) is 10.6 Å². The van der Waals surface area contributed by atoms with Crippen molar-refractivity contribution in [2.45, 2.75) is 13.1 Å². The Hall–Kier alpha value is -4.69. The second-order valence-electron chi connectivity index (χ2n) is 10.8. The minimum atomic E-state index is -3.57. The van der Waals surface area contributed by atoms with Crippen LogP contribution in [-0.2, 0) is 0 Å². The summed E-state index contributed by atoms with van der Waals surface area (Å²) >= 11 is 0. The standard InChI is InChI=1S/C34H23F5N2Si/c1-42(2,33-31(38)29(36)28(35)30(37)32(33)39)26-19-11-10-18-25(26)41-24-17-9-7-15-22(24)27-21-14-6-8-16-23(21)40(34(27)41)20-12-4-3-5-13-20/h3-19H,1-2H3. The summed E-state index contributed by atoms with van der Waals surface area (Å²) in [4.78, 5) is 0. The summed E-state index contributed by atoms with van der Waals surface area (Å²) in [6.07, 6.45) is 0. The number of halogens is 5. The van der Waals surface area contributed by atoms with Crippen molar-refractivity contribution >= 4 is 51.3 Å². The van der Waals surface area contributed by atoms with Crippen LogP contribution < -0.4 is 10.4 Å². The molecule has 0 fully saturated rings. The molecule has 208 valence electrons. The van der Waals surface area contributed by atoms with Crippen molar-refractivity contribution in [3.63, 3.8) is 0 Å². The Morgan fingerprint density at radius 3 is 1.60 bits per heavy atom. The lowest BCUT2D eigenvalue weighted by Gasteiger charge is -2.28. The van der Waals surface area contributed by atoms with Gasteiger partial charge < -0.3 is 0 Å². The molecule has 0 aliphatic carbocycles. The summed E-state index contributed by atoms with van der Waals surface area (Å²) in [7, 11) is -3.57. The maximum Gasteiger partial charge on any atom is 0.200 e. The molecule has 0 N–H and O–H groups in total. The summed E-state index contributed by atoms with van der Waals surface area (Å²) in [5.41, 5.74) is 4.19. The van der Waals surface area contributed by atoms with Gasteiger partial charge in [0.05, 0.1) is 11.0 Å². The largest absolute Gasteiger partial charge is 0.295 e. The molecule has 0 amide bonds. The van der Waals surface area contributed by atoms with Gasteiger partial charge in [0.1, 0.15) is 13.7 Å². The van der Waals surface area contributed by atoms with Crippen LogP contribution in [-0.4, -0.2) is 17.2 Å². The molecule has 0 saturated heterocycles. The number of para-hydroxylation sites is 4. The first-order valence-corrected chi connectivity index (χ1v) is 16.4.